The van der Waals surface area contributed by atoms with Crippen LogP contribution in [-0.2, 0) is 12.3 Å². The number of halogens is 4. The zero-order valence-electron chi connectivity index (χ0n) is 7.45. The van der Waals surface area contributed by atoms with Gasteiger partial charge in [0, 0.05) is 9.49 Å². The van der Waals surface area contributed by atoms with E-state index in [0.717, 1.165) is 6.07 Å². The van der Waals surface area contributed by atoms with Crippen molar-refractivity contribution in [1.82, 2.24) is 0 Å². The molecule has 76 valence electrons. The van der Waals surface area contributed by atoms with Gasteiger partial charge in [0.05, 0.1) is 5.56 Å². The van der Waals surface area contributed by atoms with Crippen molar-refractivity contribution in [1.29, 1.82) is 0 Å². The second-order valence-corrected chi connectivity index (χ2v) is 4.90. The second kappa shape index (κ2) is 3.12. The van der Waals surface area contributed by atoms with Crippen LogP contribution in [0, 0.1) is 15.3 Å². The highest BCUT2D eigenvalue weighted by atomic mass is 127. The van der Waals surface area contributed by atoms with Gasteiger partial charge in [0.2, 0.25) is 0 Å². The summed E-state index contributed by atoms with van der Waals surface area (Å²) in [4.78, 5) is 0. The molecule has 0 fully saturated rings. The van der Waals surface area contributed by atoms with Gasteiger partial charge >= 0.3 is 0 Å². The van der Waals surface area contributed by atoms with Crippen LogP contribution >= 0.6 is 22.6 Å². The third-order valence-corrected chi connectivity index (χ3v) is 3.24. The summed E-state index contributed by atoms with van der Waals surface area (Å²) in [6.45, 7) is 1.45. The van der Waals surface area contributed by atoms with Crippen molar-refractivity contribution < 1.29 is 13.2 Å². The van der Waals surface area contributed by atoms with Gasteiger partial charge in [-0.15, -0.1) is 0 Å². The number of hydrogen-bond donors (Lipinski definition) is 0. The number of fused-ring (bicyclic) bond motifs is 1. The standard InChI is InChI=1S/C10H8F3I/c1-5-2-6-3-7(14)4-8(11)9(6)10(5,12)13/h3-5H,2H2,1H3. The predicted octanol–water partition coefficient (Wildman–Crippen LogP) is 3.71. The zero-order valence-corrected chi connectivity index (χ0v) is 9.61. The van der Waals surface area contributed by atoms with Crippen molar-refractivity contribution >= 4 is 22.6 Å². The highest BCUT2D eigenvalue weighted by Gasteiger charge is 2.47. The third kappa shape index (κ3) is 1.34. The average molecular weight is 312 g/mol. The van der Waals surface area contributed by atoms with Crippen molar-refractivity contribution in [2.24, 2.45) is 5.92 Å². The van der Waals surface area contributed by atoms with Crippen molar-refractivity contribution in [3.8, 4) is 0 Å². The molecule has 1 aromatic rings. The summed E-state index contributed by atoms with van der Waals surface area (Å²) in [6, 6.07) is 2.79. The lowest BCUT2D eigenvalue weighted by Crippen LogP contribution is -2.18. The smallest absolute Gasteiger partial charge is 0.206 e. The monoisotopic (exact) mass is 312 g/mol. The van der Waals surface area contributed by atoms with E-state index in [1.807, 2.05) is 22.6 Å². The molecule has 0 N–H and O–H groups in total. The minimum atomic E-state index is -3.01. The predicted molar refractivity (Wildman–Crippen MR) is 55.9 cm³/mol. The van der Waals surface area contributed by atoms with Crippen LogP contribution in [0.25, 0.3) is 0 Å². The van der Waals surface area contributed by atoms with E-state index < -0.39 is 23.2 Å². The normalized spacial score (nSPS) is 23.6. The maximum atomic E-state index is 13.5. The van der Waals surface area contributed by atoms with Gasteiger partial charge in [-0.3, -0.25) is 0 Å². The molecule has 0 radical (unpaired) electrons. The zero-order chi connectivity index (χ0) is 10.5. The van der Waals surface area contributed by atoms with Gasteiger partial charge in [0.15, 0.2) is 0 Å². The minimum Gasteiger partial charge on any atom is -0.206 e. The first-order chi connectivity index (χ1) is 6.43. The summed E-state index contributed by atoms with van der Waals surface area (Å²) in [6.07, 6.45) is 0.260. The fourth-order valence-corrected chi connectivity index (χ4v) is 2.51. The molecular formula is C10H8F3I. The number of rotatable bonds is 0. The van der Waals surface area contributed by atoms with Gasteiger partial charge in [-0.1, -0.05) is 6.92 Å². The van der Waals surface area contributed by atoms with E-state index in [1.165, 1.54) is 6.92 Å². The van der Waals surface area contributed by atoms with Crippen LogP contribution in [0.3, 0.4) is 0 Å². The molecule has 0 heterocycles. The van der Waals surface area contributed by atoms with Crippen LogP contribution in [0.1, 0.15) is 18.1 Å². The molecule has 1 unspecified atom stereocenters. The van der Waals surface area contributed by atoms with E-state index in [1.54, 1.807) is 6.07 Å². The molecule has 1 aliphatic carbocycles. The summed E-state index contributed by atoms with van der Waals surface area (Å²) in [5.74, 6) is -4.59. The number of benzene rings is 1. The van der Waals surface area contributed by atoms with Crippen LogP contribution in [0.4, 0.5) is 13.2 Å². The Bertz CT molecular complexity index is 387. The lowest BCUT2D eigenvalue weighted by Gasteiger charge is -2.15. The second-order valence-electron chi connectivity index (χ2n) is 3.65. The van der Waals surface area contributed by atoms with Crippen molar-refractivity contribution in [3.05, 3.63) is 32.6 Å². The van der Waals surface area contributed by atoms with Gasteiger partial charge in [0.1, 0.15) is 5.82 Å². The Labute approximate surface area is 93.6 Å². The fraction of sp³-hybridized carbons (Fsp3) is 0.400. The van der Waals surface area contributed by atoms with Crippen molar-refractivity contribution in [2.75, 3.05) is 0 Å². The lowest BCUT2D eigenvalue weighted by molar-refractivity contribution is -0.0477. The maximum absolute atomic E-state index is 13.5. The van der Waals surface area contributed by atoms with Gasteiger partial charge in [-0.05, 0) is 46.7 Å². The van der Waals surface area contributed by atoms with E-state index in [2.05, 4.69) is 0 Å². The lowest BCUT2D eigenvalue weighted by atomic mass is 10.1. The minimum absolute atomic E-state index is 0.260. The Balaban J connectivity index is 2.65. The van der Waals surface area contributed by atoms with E-state index in [4.69, 9.17) is 0 Å². The van der Waals surface area contributed by atoms with Crippen LogP contribution in [0.5, 0.6) is 0 Å². The van der Waals surface area contributed by atoms with Gasteiger partial charge in [-0.2, -0.15) is 0 Å². The van der Waals surface area contributed by atoms with E-state index in [9.17, 15) is 13.2 Å². The molecule has 1 atom stereocenters. The molecule has 2 rings (SSSR count). The first-order valence-corrected chi connectivity index (χ1v) is 5.37. The van der Waals surface area contributed by atoms with Gasteiger partial charge in [-0.25, -0.2) is 13.2 Å². The van der Waals surface area contributed by atoms with Crippen LogP contribution in [-0.4, -0.2) is 0 Å². The highest BCUT2D eigenvalue weighted by molar-refractivity contribution is 14.1. The molecule has 1 aliphatic rings. The molecular weight excluding hydrogens is 304 g/mol. The molecule has 0 bridgehead atoms. The van der Waals surface area contributed by atoms with E-state index in [-0.39, 0.29) is 6.42 Å². The molecule has 14 heavy (non-hydrogen) atoms. The number of hydrogen-bond acceptors (Lipinski definition) is 0. The molecule has 0 amide bonds. The van der Waals surface area contributed by atoms with Gasteiger partial charge in [0.25, 0.3) is 5.92 Å². The average Bonchev–Trinajstić information content (AvgIpc) is 2.21. The summed E-state index contributed by atoms with van der Waals surface area (Å²) in [7, 11) is 0. The summed E-state index contributed by atoms with van der Waals surface area (Å²) >= 11 is 1.93. The quantitative estimate of drug-likeness (QED) is 0.641. The topological polar surface area (TPSA) is 0 Å². The fourth-order valence-electron chi connectivity index (χ4n) is 1.87. The summed E-state index contributed by atoms with van der Waals surface area (Å²) < 4.78 is 41.0. The van der Waals surface area contributed by atoms with Crippen LogP contribution in [0.15, 0.2) is 12.1 Å². The van der Waals surface area contributed by atoms with Crippen LogP contribution in [0.2, 0.25) is 0 Å². The Hall–Kier alpha value is -0.260. The SMILES string of the molecule is CC1Cc2cc(I)cc(F)c2C1(F)F. The third-order valence-electron chi connectivity index (χ3n) is 2.62. The molecule has 0 spiro atoms. The molecule has 0 saturated carbocycles. The molecule has 0 saturated heterocycles. The van der Waals surface area contributed by atoms with Crippen molar-refractivity contribution in [3.63, 3.8) is 0 Å². The van der Waals surface area contributed by atoms with Crippen LogP contribution < -0.4 is 0 Å². The first-order valence-electron chi connectivity index (χ1n) is 4.29. The van der Waals surface area contributed by atoms with E-state index in [0.29, 0.717) is 9.13 Å². The molecule has 0 nitrogen and oxygen atoms in total. The molecule has 0 aromatic heterocycles. The Morgan fingerprint density at radius 3 is 2.71 bits per heavy atom. The Morgan fingerprint density at radius 2 is 2.07 bits per heavy atom. The largest absolute Gasteiger partial charge is 0.279 e. The molecule has 1 aromatic carbocycles. The van der Waals surface area contributed by atoms with Crippen molar-refractivity contribution in [2.45, 2.75) is 19.3 Å². The first kappa shape index (κ1) is 10.3. The Kier molecular flexibility index (Phi) is 2.28. The Morgan fingerprint density at radius 1 is 1.43 bits per heavy atom. The molecule has 0 aliphatic heterocycles. The number of alkyl halides is 2. The molecule has 4 heteroatoms. The van der Waals surface area contributed by atoms with E-state index >= 15 is 0 Å². The van der Waals surface area contributed by atoms with Gasteiger partial charge < -0.3 is 0 Å². The summed E-state index contributed by atoms with van der Waals surface area (Å²) in [5.41, 5.74) is 0.0531. The maximum Gasteiger partial charge on any atom is 0.279 e. The highest BCUT2D eigenvalue weighted by Crippen LogP contribution is 2.47. The summed E-state index contributed by atoms with van der Waals surface area (Å²) in [5, 5.41) is 0.